The Morgan fingerprint density at radius 3 is 2.43 bits per heavy atom. The van der Waals surface area contributed by atoms with Gasteiger partial charge in [-0.1, -0.05) is 6.07 Å². The number of hydrogen-bond acceptors (Lipinski definition) is 5. The van der Waals surface area contributed by atoms with E-state index in [4.69, 9.17) is 5.14 Å². The van der Waals surface area contributed by atoms with Crippen LogP contribution >= 0.6 is 0 Å². The Hall–Kier alpha value is -2.17. The molecule has 4 N–H and O–H groups in total. The van der Waals surface area contributed by atoms with Crippen molar-refractivity contribution in [3.63, 3.8) is 0 Å². The zero-order chi connectivity index (χ0) is 15.7. The number of benzene rings is 1. The molecule has 0 atom stereocenters. The van der Waals surface area contributed by atoms with Crippen LogP contribution in [0.2, 0.25) is 0 Å². The largest absolute Gasteiger partial charge is 0.366 e. The van der Waals surface area contributed by atoms with Gasteiger partial charge in [0.05, 0.1) is 10.6 Å². The van der Waals surface area contributed by atoms with Crippen molar-refractivity contribution < 1.29 is 16.8 Å². The summed E-state index contributed by atoms with van der Waals surface area (Å²) < 4.78 is 48.7. The summed E-state index contributed by atoms with van der Waals surface area (Å²) >= 11 is 0. The number of aromatic nitrogens is 1. The van der Waals surface area contributed by atoms with Gasteiger partial charge in [-0.25, -0.2) is 22.0 Å². The van der Waals surface area contributed by atoms with E-state index in [9.17, 15) is 21.6 Å². The van der Waals surface area contributed by atoms with Crippen LogP contribution in [0.4, 0.5) is 5.69 Å². The van der Waals surface area contributed by atoms with Gasteiger partial charge in [-0.2, -0.15) is 0 Å². The van der Waals surface area contributed by atoms with Gasteiger partial charge < -0.3 is 4.98 Å². The van der Waals surface area contributed by atoms with E-state index in [1.807, 2.05) is 0 Å². The molecule has 0 saturated heterocycles. The van der Waals surface area contributed by atoms with Gasteiger partial charge in [0.15, 0.2) is 4.90 Å². The lowest BCUT2D eigenvalue weighted by Crippen LogP contribution is -2.21. The minimum atomic E-state index is -4.14. The molecule has 0 bridgehead atoms. The Bertz CT molecular complexity index is 932. The standard InChI is InChI=1S/C11H11N3O5S2/c12-20(16,17)9-3-1-2-8(6-9)14-21(18,19)11-7-13-5-4-10(11)15/h1-7,14H,(H,13,15)(H2,12,16,17). The van der Waals surface area contributed by atoms with Crippen LogP contribution in [0, 0.1) is 0 Å². The molecule has 8 nitrogen and oxygen atoms in total. The van der Waals surface area contributed by atoms with Gasteiger partial charge in [-0.05, 0) is 18.2 Å². The van der Waals surface area contributed by atoms with E-state index in [2.05, 4.69) is 9.71 Å². The number of anilines is 1. The van der Waals surface area contributed by atoms with E-state index in [1.165, 1.54) is 24.4 Å². The summed E-state index contributed by atoms with van der Waals surface area (Å²) in [5.74, 6) is 0. The number of primary sulfonamides is 1. The molecule has 0 aliphatic carbocycles. The number of nitrogens with one attached hydrogen (secondary N) is 2. The second-order valence-electron chi connectivity index (χ2n) is 4.05. The van der Waals surface area contributed by atoms with Crippen LogP contribution in [-0.2, 0) is 20.0 Å². The van der Waals surface area contributed by atoms with E-state index >= 15 is 0 Å². The van der Waals surface area contributed by atoms with E-state index in [-0.39, 0.29) is 10.6 Å². The first-order valence-corrected chi connectivity index (χ1v) is 8.56. The second kappa shape index (κ2) is 5.31. The Balaban J connectivity index is 2.43. The molecule has 10 heteroatoms. The number of nitrogens with two attached hydrogens (primary N) is 1. The monoisotopic (exact) mass is 329 g/mol. The molecule has 0 aliphatic rings. The Morgan fingerprint density at radius 2 is 1.81 bits per heavy atom. The van der Waals surface area contributed by atoms with Crippen molar-refractivity contribution in [3.8, 4) is 0 Å². The number of hydrogen-bond donors (Lipinski definition) is 3. The fourth-order valence-electron chi connectivity index (χ4n) is 1.56. The first-order chi connectivity index (χ1) is 9.70. The summed E-state index contributed by atoms with van der Waals surface area (Å²) in [6, 6.07) is 6.01. The van der Waals surface area contributed by atoms with Crippen LogP contribution in [0.25, 0.3) is 0 Å². The molecule has 0 saturated carbocycles. The van der Waals surface area contributed by atoms with Crippen LogP contribution in [-0.4, -0.2) is 21.8 Å². The summed E-state index contributed by atoms with van der Waals surface area (Å²) in [6.45, 7) is 0. The third-order valence-electron chi connectivity index (χ3n) is 2.49. The molecular formula is C11H11N3O5S2. The van der Waals surface area contributed by atoms with Gasteiger partial charge in [0.1, 0.15) is 0 Å². The maximum absolute atomic E-state index is 12.1. The quantitative estimate of drug-likeness (QED) is 0.714. The van der Waals surface area contributed by atoms with Crippen LogP contribution < -0.4 is 15.3 Å². The molecule has 1 aromatic carbocycles. The van der Waals surface area contributed by atoms with Gasteiger partial charge in [-0.15, -0.1) is 0 Å². The van der Waals surface area contributed by atoms with Gasteiger partial charge in [0, 0.05) is 18.5 Å². The Morgan fingerprint density at radius 1 is 1.10 bits per heavy atom. The third-order valence-corrected chi connectivity index (χ3v) is 4.81. The zero-order valence-corrected chi connectivity index (χ0v) is 12.1. The van der Waals surface area contributed by atoms with Gasteiger partial charge >= 0.3 is 0 Å². The molecule has 0 unspecified atom stereocenters. The molecule has 0 radical (unpaired) electrons. The molecule has 1 aromatic heterocycles. The van der Waals surface area contributed by atoms with Crippen molar-refractivity contribution in [3.05, 3.63) is 52.9 Å². The molecule has 2 rings (SSSR count). The minimum Gasteiger partial charge on any atom is -0.366 e. The van der Waals surface area contributed by atoms with Crippen molar-refractivity contribution >= 4 is 25.7 Å². The fraction of sp³-hybridized carbons (Fsp3) is 0. The van der Waals surface area contributed by atoms with Crippen molar-refractivity contribution in [2.75, 3.05) is 4.72 Å². The summed E-state index contributed by atoms with van der Waals surface area (Å²) in [5.41, 5.74) is -0.714. The average Bonchev–Trinajstić information content (AvgIpc) is 2.37. The second-order valence-corrected chi connectivity index (χ2v) is 7.26. The fourth-order valence-corrected chi connectivity index (χ4v) is 3.22. The highest BCUT2D eigenvalue weighted by molar-refractivity contribution is 7.92. The van der Waals surface area contributed by atoms with E-state index < -0.39 is 30.4 Å². The maximum atomic E-state index is 12.1. The van der Waals surface area contributed by atoms with E-state index in [1.54, 1.807) is 0 Å². The van der Waals surface area contributed by atoms with Crippen molar-refractivity contribution in [1.29, 1.82) is 0 Å². The van der Waals surface area contributed by atoms with Crippen LogP contribution in [0.3, 0.4) is 0 Å². The molecule has 0 amide bonds. The number of sulfonamides is 2. The summed E-state index contributed by atoms with van der Waals surface area (Å²) in [4.78, 5) is 13.3. The van der Waals surface area contributed by atoms with Gasteiger partial charge in [-0.3, -0.25) is 9.52 Å². The summed E-state index contributed by atoms with van der Waals surface area (Å²) in [6.07, 6.45) is 2.33. The molecular weight excluding hydrogens is 318 g/mol. The lowest BCUT2D eigenvalue weighted by molar-refractivity contribution is 0.596. The van der Waals surface area contributed by atoms with Gasteiger partial charge in [0.25, 0.3) is 10.0 Å². The maximum Gasteiger partial charge on any atom is 0.267 e. The molecule has 0 spiro atoms. The minimum absolute atomic E-state index is 0.0234. The highest BCUT2D eigenvalue weighted by atomic mass is 32.2. The third kappa shape index (κ3) is 3.48. The smallest absolute Gasteiger partial charge is 0.267 e. The lowest BCUT2D eigenvalue weighted by Gasteiger charge is -2.08. The number of rotatable bonds is 4. The normalized spacial score (nSPS) is 12.0. The van der Waals surface area contributed by atoms with Crippen molar-refractivity contribution in [2.24, 2.45) is 5.14 Å². The van der Waals surface area contributed by atoms with Crippen LogP contribution in [0.1, 0.15) is 0 Å². The Labute approximate surface area is 120 Å². The molecule has 21 heavy (non-hydrogen) atoms. The predicted molar refractivity (Wildman–Crippen MR) is 75.7 cm³/mol. The lowest BCUT2D eigenvalue weighted by atomic mass is 10.3. The molecule has 2 aromatic rings. The van der Waals surface area contributed by atoms with E-state index in [0.717, 1.165) is 18.3 Å². The van der Waals surface area contributed by atoms with Crippen molar-refractivity contribution in [2.45, 2.75) is 9.79 Å². The van der Waals surface area contributed by atoms with Gasteiger partial charge in [0.2, 0.25) is 15.5 Å². The first kappa shape index (κ1) is 15.2. The van der Waals surface area contributed by atoms with Crippen molar-refractivity contribution in [1.82, 2.24) is 4.98 Å². The first-order valence-electron chi connectivity index (χ1n) is 5.53. The number of H-pyrrole nitrogens is 1. The SMILES string of the molecule is NS(=O)(=O)c1cccc(NS(=O)(=O)c2c[nH]ccc2=O)c1. The Kier molecular flexibility index (Phi) is 3.85. The molecule has 1 heterocycles. The van der Waals surface area contributed by atoms with E-state index in [0.29, 0.717) is 0 Å². The molecule has 112 valence electrons. The summed E-state index contributed by atoms with van der Waals surface area (Å²) in [5, 5.41) is 4.96. The van der Waals surface area contributed by atoms with Crippen LogP contribution in [0.5, 0.6) is 0 Å². The highest BCUT2D eigenvalue weighted by Crippen LogP contribution is 2.17. The topological polar surface area (TPSA) is 139 Å². The highest BCUT2D eigenvalue weighted by Gasteiger charge is 2.18. The summed E-state index contributed by atoms with van der Waals surface area (Å²) in [7, 11) is -8.09. The molecule has 0 fully saturated rings. The number of pyridine rings is 1. The zero-order valence-electron chi connectivity index (χ0n) is 10.5. The average molecular weight is 329 g/mol. The predicted octanol–water partition coefficient (Wildman–Crippen LogP) is -0.177. The molecule has 0 aliphatic heterocycles. The van der Waals surface area contributed by atoms with Crippen LogP contribution in [0.15, 0.2) is 57.3 Å². The number of aromatic amines is 1.